The van der Waals surface area contributed by atoms with Gasteiger partial charge in [0.25, 0.3) is 0 Å². The summed E-state index contributed by atoms with van der Waals surface area (Å²) in [5, 5.41) is 0. The summed E-state index contributed by atoms with van der Waals surface area (Å²) >= 11 is 0. The van der Waals surface area contributed by atoms with Gasteiger partial charge in [0, 0.05) is 0 Å². The Kier molecular flexibility index (Phi) is 38.8. The van der Waals surface area contributed by atoms with E-state index in [4.69, 9.17) is 29.4 Å². The van der Waals surface area contributed by atoms with Gasteiger partial charge in [0.15, 0.2) is 0 Å². The van der Waals surface area contributed by atoms with E-state index in [2.05, 4.69) is 12.9 Å². The number of hydrogen-bond donors (Lipinski definition) is 6. The largest absolute Gasteiger partial charge is 1.00 e. The van der Waals surface area contributed by atoms with Crippen molar-refractivity contribution in [3.63, 3.8) is 0 Å². The van der Waals surface area contributed by atoms with E-state index in [1.165, 1.54) is 0 Å². The summed E-state index contributed by atoms with van der Waals surface area (Å²) < 4.78 is 50.9. The molecular weight excluding hydrogens is 527 g/mol. The Morgan fingerprint density at radius 2 is 0.682 bits per heavy atom. The molecule has 0 aliphatic heterocycles. The van der Waals surface area contributed by atoms with E-state index in [0.717, 1.165) is 0 Å². The molecule has 0 aromatic rings. The Balaban J connectivity index is -0.0000000284. The van der Waals surface area contributed by atoms with E-state index >= 15 is 0 Å². The summed E-state index contributed by atoms with van der Waals surface area (Å²) in [6.07, 6.45) is 0. The van der Waals surface area contributed by atoms with Crippen molar-refractivity contribution in [2.75, 3.05) is 0 Å². The van der Waals surface area contributed by atoms with Crippen LogP contribution in [0, 0.1) is 0 Å². The molecular formula is H11K5O13P4. The number of rotatable bonds is 6. The summed E-state index contributed by atoms with van der Waals surface area (Å²) in [6.45, 7) is 0. The predicted octanol–water partition coefficient (Wildman–Crippen LogP) is -15.0. The molecule has 0 bridgehead atoms. The Bertz CT molecular complexity index is 438. The first-order chi connectivity index (χ1) is 7.12. The minimum Gasteiger partial charge on any atom is -1.00 e. The van der Waals surface area contributed by atoms with Crippen LogP contribution in [0.25, 0.3) is 0 Å². The van der Waals surface area contributed by atoms with Crippen LogP contribution in [0.2, 0.25) is 0 Å². The van der Waals surface area contributed by atoms with Crippen LogP contribution in [0.3, 0.4) is 0 Å². The van der Waals surface area contributed by atoms with Crippen molar-refractivity contribution < 1.29 is 325 Å². The predicted molar refractivity (Wildman–Crippen MR) is 52.6 cm³/mol. The van der Waals surface area contributed by atoms with E-state index in [-0.39, 0.29) is 264 Å². The Morgan fingerprint density at radius 3 is 0.818 bits per heavy atom. The smallest absolute Gasteiger partial charge is 1.00 e. The van der Waals surface area contributed by atoms with Gasteiger partial charge in [-0.1, -0.05) is 0 Å². The van der Waals surface area contributed by atoms with E-state index in [1.54, 1.807) is 0 Å². The van der Waals surface area contributed by atoms with E-state index < -0.39 is 31.3 Å². The van der Waals surface area contributed by atoms with Crippen molar-refractivity contribution in [2.24, 2.45) is 0 Å². The average molecular weight is 538 g/mol. The van der Waals surface area contributed by atoms with Gasteiger partial charge in [0.05, 0.1) is 0 Å². The maximum Gasteiger partial charge on any atom is 1.00 e. The molecule has 0 spiro atoms. The van der Waals surface area contributed by atoms with Gasteiger partial charge in [-0.15, -0.1) is 0 Å². The van der Waals surface area contributed by atoms with E-state index in [9.17, 15) is 18.3 Å². The molecule has 0 aromatic heterocycles. The number of hydrogen-bond acceptors (Lipinski definition) is 7. The van der Waals surface area contributed by atoms with Gasteiger partial charge < -0.3 is 36.5 Å². The third-order valence-corrected chi connectivity index (χ3v) is 5.63. The summed E-state index contributed by atoms with van der Waals surface area (Å²) in [7, 11) is -22.6. The van der Waals surface area contributed by atoms with Gasteiger partial charge in [-0.25, -0.2) is 18.3 Å². The second-order valence-corrected chi connectivity index (χ2v) is 7.96. The van der Waals surface area contributed by atoms with Gasteiger partial charge in [-0.2, -0.15) is 12.9 Å². The third kappa shape index (κ3) is 30.9. The Labute approximate surface area is 345 Å². The fourth-order valence-electron chi connectivity index (χ4n) is 0.429. The molecule has 0 aromatic carbocycles. The first kappa shape index (κ1) is 44.4. The van der Waals surface area contributed by atoms with Crippen molar-refractivity contribution in [3.05, 3.63) is 0 Å². The minimum atomic E-state index is -5.77. The molecule has 0 rings (SSSR count). The first-order valence-corrected chi connectivity index (χ1v) is 9.08. The van der Waals surface area contributed by atoms with Crippen molar-refractivity contribution in [1.82, 2.24) is 0 Å². The van der Waals surface area contributed by atoms with Crippen molar-refractivity contribution in [1.29, 1.82) is 0 Å². The molecule has 0 heterocycles. The fraction of sp³-hybridized carbons (Fsp3) is 0. The van der Waals surface area contributed by atoms with Gasteiger partial charge >= 0.3 is 288 Å². The zero-order chi connectivity index (χ0) is 14.1. The van der Waals surface area contributed by atoms with Crippen molar-refractivity contribution in [2.45, 2.75) is 0 Å². The summed E-state index contributed by atoms with van der Waals surface area (Å²) in [5.41, 5.74) is 0. The van der Waals surface area contributed by atoms with E-state index in [0.29, 0.717) is 0 Å². The van der Waals surface area contributed by atoms with Crippen LogP contribution >= 0.6 is 31.3 Å². The van der Waals surface area contributed by atoms with Crippen LogP contribution in [-0.4, -0.2) is 29.4 Å². The van der Waals surface area contributed by atoms with Crippen LogP contribution in [0.1, 0.15) is 7.13 Å². The maximum absolute atomic E-state index is 10.7. The second-order valence-electron chi connectivity index (χ2n) is 2.16. The van der Waals surface area contributed by atoms with Crippen molar-refractivity contribution >= 4 is 31.3 Å². The van der Waals surface area contributed by atoms with Crippen LogP contribution < -0.4 is 257 Å². The molecule has 22 heavy (non-hydrogen) atoms. The molecule has 6 N–H and O–H groups in total. The van der Waals surface area contributed by atoms with Gasteiger partial charge in [0.2, 0.25) is 0 Å². The summed E-state index contributed by atoms with van der Waals surface area (Å²) in [5.74, 6) is 0. The quantitative estimate of drug-likeness (QED) is 0.137. The topological polar surface area (TPSA) is 217 Å². The molecule has 0 aliphatic rings. The molecule has 2 atom stereocenters. The monoisotopic (exact) mass is 538 g/mol. The minimum absolute atomic E-state index is 0. The molecule has 2 unspecified atom stereocenters. The van der Waals surface area contributed by atoms with Crippen LogP contribution in [0.4, 0.5) is 0 Å². The molecule has 114 valence electrons. The van der Waals surface area contributed by atoms with Crippen LogP contribution in [-0.2, 0) is 31.2 Å². The fourth-order valence-corrected chi connectivity index (χ4v) is 4.40. The van der Waals surface area contributed by atoms with Gasteiger partial charge in [-0.3, -0.25) is 0 Å². The summed E-state index contributed by atoms with van der Waals surface area (Å²) in [6, 6.07) is 0. The average Bonchev–Trinajstić information content (AvgIpc) is 1.65. The SMILES string of the molecule is O=P(O)(O)OP(=O)(O)OP(=O)(O)OP(=O)(O)O.[H-].[H-].[H-].[H-].[H-].[K+].[K+].[K+].[K+].[K+]. The van der Waals surface area contributed by atoms with E-state index in [1.807, 2.05) is 0 Å². The molecule has 0 radical (unpaired) electrons. The molecule has 13 nitrogen and oxygen atoms in total. The molecule has 22 heteroatoms. The number of phosphoric acid groups is 4. The van der Waals surface area contributed by atoms with Gasteiger partial charge in [0.1, 0.15) is 0 Å². The van der Waals surface area contributed by atoms with Gasteiger partial charge in [-0.05, 0) is 0 Å². The third-order valence-electron chi connectivity index (χ3n) is 0.625. The molecule has 0 aliphatic carbocycles. The Morgan fingerprint density at radius 1 is 0.500 bits per heavy atom. The maximum atomic E-state index is 10.7. The molecule has 0 fully saturated rings. The first-order valence-electron chi connectivity index (χ1n) is 3.03. The molecule has 0 amide bonds. The second kappa shape index (κ2) is 19.2. The Hall–Kier alpha value is 8.74. The van der Waals surface area contributed by atoms with Crippen molar-refractivity contribution in [3.8, 4) is 0 Å². The zero-order valence-corrected chi connectivity index (χ0v) is 31.5. The van der Waals surface area contributed by atoms with Crippen LogP contribution in [0.5, 0.6) is 0 Å². The van der Waals surface area contributed by atoms with Crippen LogP contribution in [0.15, 0.2) is 0 Å². The normalized spacial score (nSPS) is 15.9. The standard InChI is InChI=1S/5K.H6O13P4.5H/c;;;;;1-14(2,3)11-16(7,8)13-17(9,10)12-15(4,5)6;;;;;/h;;;;;(H,7,8)(H,9,10)(H2,1,2,3)(H2,4,5,6);;;;;/q5*+1;;5*-1. The molecule has 0 saturated heterocycles. The zero-order valence-electron chi connectivity index (χ0n) is 17.3. The summed E-state index contributed by atoms with van der Waals surface area (Å²) in [4.78, 5) is 49.4. The molecule has 0 saturated carbocycles.